The number of benzene rings is 4. The molecule has 6 heterocycles. The lowest BCUT2D eigenvalue weighted by Gasteiger charge is -2.30. The molecule has 408 valence electrons. The molecule has 4 aromatic carbocycles. The molecule has 17 heteroatoms. The molecule has 0 bridgehead atoms. The number of hydrogen-bond acceptors (Lipinski definition) is 10. The van der Waals surface area contributed by atoms with Crippen molar-refractivity contribution in [3.05, 3.63) is 185 Å². The van der Waals surface area contributed by atoms with Gasteiger partial charge in [-0.3, -0.25) is 14.6 Å². The summed E-state index contributed by atoms with van der Waals surface area (Å²) in [6.07, 6.45) is 4.27. The number of aliphatic hydroxyl groups is 2. The van der Waals surface area contributed by atoms with Gasteiger partial charge in [-0.1, -0.05) is 78.9 Å². The van der Waals surface area contributed by atoms with Gasteiger partial charge in [0.1, 0.15) is 39.5 Å². The van der Waals surface area contributed by atoms with Crippen molar-refractivity contribution in [1.29, 1.82) is 0 Å². The largest absolute Gasteiger partial charge is 0.456 e. The van der Waals surface area contributed by atoms with Gasteiger partial charge in [0, 0.05) is 102 Å². The Balaban J connectivity index is 0.000000197. The molecule has 4 aromatic heterocycles. The maximum Gasteiger partial charge on any atom is 0.318 e. The van der Waals surface area contributed by atoms with Crippen molar-refractivity contribution in [2.75, 3.05) is 19.8 Å². The topological polar surface area (TPSA) is 203 Å². The average molecular weight is 1090 g/mol. The smallest absolute Gasteiger partial charge is 0.318 e. The van der Waals surface area contributed by atoms with Crippen LogP contribution >= 0.6 is 0 Å². The van der Waals surface area contributed by atoms with Crippen LogP contribution < -0.4 is 16.0 Å². The second kappa shape index (κ2) is 24.4. The standard InChI is InChI=1S/C35H33FN4O4.C27H32N4O3S/c1-21(2)38-35(43)40-20-26-17-28(34(42)37-19-25-9-3-5-12-27(25)36)39-33(32(26)29(40)14-15-41)24-11-7-10-22(16-24)31-18-23-8-4-6-13-30(23)44-31;1-5-29-26(33)22-15-21-17-31(35(34)27(2,3)4)23(11-13-32)24(21)25(30-22)19-9-6-8-18(14-19)20-10-7-12-28-16-20/h3-13,16-18,21,29,41H,14-15,19-20H2,1-2H3,(H,37,42)(H,38,43);6-10,12,14-16,23,32H,5,11,13,17H2,1-4H3,(H,29,33)/t29-;23-,35?/m11/s1. The third-order valence-corrected chi connectivity index (χ3v) is 15.6. The van der Waals surface area contributed by atoms with Gasteiger partial charge < -0.3 is 35.5 Å². The van der Waals surface area contributed by atoms with Gasteiger partial charge in [0.2, 0.25) is 0 Å². The number of nitrogens with one attached hydrogen (secondary N) is 3. The van der Waals surface area contributed by atoms with E-state index >= 15 is 0 Å². The van der Waals surface area contributed by atoms with Gasteiger partial charge in [0.15, 0.2) is 0 Å². The summed E-state index contributed by atoms with van der Waals surface area (Å²) in [7, 11) is -1.30. The van der Waals surface area contributed by atoms with Crippen LogP contribution in [0.1, 0.15) is 115 Å². The zero-order valence-electron chi connectivity index (χ0n) is 45.1. The Morgan fingerprint density at radius 2 is 1.32 bits per heavy atom. The van der Waals surface area contributed by atoms with E-state index in [0.717, 1.165) is 61.0 Å². The highest BCUT2D eigenvalue weighted by Gasteiger charge is 2.41. The van der Waals surface area contributed by atoms with Crippen LogP contribution in [-0.4, -0.2) is 87.0 Å². The summed E-state index contributed by atoms with van der Waals surface area (Å²) >= 11 is 0. The molecule has 2 aliphatic heterocycles. The number of carbonyl (C=O) groups excluding carboxylic acids is 3. The Labute approximate surface area is 461 Å². The molecule has 0 saturated carbocycles. The number of nitrogens with zero attached hydrogens (tertiary/aromatic N) is 5. The summed E-state index contributed by atoms with van der Waals surface area (Å²) in [5, 5.41) is 29.5. The Morgan fingerprint density at radius 1 is 0.722 bits per heavy atom. The van der Waals surface area contributed by atoms with Gasteiger partial charge >= 0.3 is 6.03 Å². The number of furan rings is 1. The van der Waals surface area contributed by atoms with E-state index < -0.39 is 33.5 Å². The predicted octanol–water partition coefficient (Wildman–Crippen LogP) is 10.8. The normalized spacial score (nSPS) is 15.3. The second-order valence-electron chi connectivity index (χ2n) is 20.8. The number of para-hydroxylation sites is 1. The molecular weight excluding hydrogens is 1020 g/mol. The van der Waals surface area contributed by atoms with Crippen LogP contribution in [-0.2, 0) is 30.6 Å². The van der Waals surface area contributed by atoms with E-state index in [1.54, 1.807) is 41.4 Å². The van der Waals surface area contributed by atoms with Gasteiger partial charge in [0.05, 0.1) is 28.2 Å². The molecule has 0 radical (unpaired) electrons. The van der Waals surface area contributed by atoms with Gasteiger partial charge in [-0.05, 0) is 120 Å². The van der Waals surface area contributed by atoms with E-state index in [1.807, 2.05) is 143 Å². The van der Waals surface area contributed by atoms with Crippen molar-refractivity contribution in [2.24, 2.45) is 0 Å². The Morgan fingerprint density at radius 3 is 1.95 bits per heavy atom. The van der Waals surface area contributed by atoms with Crippen molar-refractivity contribution >= 4 is 39.8 Å². The quantitative estimate of drug-likeness (QED) is 0.0657. The van der Waals surface area contributed by atoms with E-state index in [1.165, 1.54) is 6.07 Å². The van der Waals surface area contributed by atoms with Gasteiger partial charge in [-0.15, -0.1) is 0 Å². The predicted molar refractivity (Wildman–Crippen MR) is 305 cm³/mol. The first-order valence-corrected chi connectivity index (χ1v) is 27.6. The number of rotatable bonds is 15. The number of hydrogen-bond donors (Lipinski definition) is 5. The highest BCUT2D eigenvalue weighted by atomic mass is 32.2. The van der Waals surface area contributed by atoms with Crippen molar-refractivity contribution < 1.29 is 37.6 Å². The molecule has 5 N–H and O–H groups in total. The van der Waals surface area contributed by atoms with Crippen molar-refractivity contribution in [3.63, 3.8) is 0 Å². The highest BCUT2D eigenvalue weighted by Crippen LogP contribution is 2.45. The zero-order chi connectivity index (χ0) is 56.0. The average Bonchev–Trinajstić information content (AvgIpc) is 4.17. The molecule has 10 rings (SSSR count). The maximum absolute atomic E-state index is 14.2. The van der Waals surface area contributed by atoms with E-state index in [0.29, 0.717) is 54.3 Å². The molecule has 4 amide bonds. The third kappa shape index (κ3) is 12.3. The van der Waals surface area contributed by atoms with Crippen LogP contribution in [0, 0.1) is 5.82 Å². The molecule has 1 unspecified atom stereocenters. The summed E-state index contributed by atoms with van der Waals surface area (Å²) in [5.74, 6) is -0.423. The fraction of sp³-hybridized carbons (Fsp3) is 0.290. The fourth-order valence-electron chi connectivity index (χ4n) is 10.1. The molecule has 3 atom stereocenters. The van der Waals surface area contributed by atoms with Crippen molar-refractivity contribution in [3.8, 4) is 45.0 Å². The lowest BCUT2D eigenvalue weighted by atomic mass is 9.94. The first-order chi connectivity index (χ1) is 38.1. The minimum Gasteiger partial charge on any atom is -0.456 e. The number of amides is 4. The Bertz CT molecular complexity index is 3510. The van der Waals surface area contributed by atoms with E-state index in [4.69, 9.17) is 14.4 Å². The first-order valence-electron chi connectivity index (χ1n) is 26.5. The maximum atomic E-state index is 14.2. The Kier molecular flexibility index (Phi) is 17.2. The van der Waals surface area contributed by atoms with Crippen LogP contribution in [0.5, 0.6) is 0 Å². The van der Waals surface area contributed by atoms with Gasteiger partial charge in [-0.25, -0.2) is 27.7 Å². The van der Waals surface area contributed by atoms with Crippen LogP contribution in [0.25, 0.3) is 55.9 Å². The van der Waals surface area contributed by atoms with E-state index in [2.05, 4.69) is 20.9 Å². The molecule has 2 aliphatic rings. The number of pyridine rings is 3. The minimum atomic E-state index is -1.30. The fourth-order valence-corrected chi connectivity index (χ4v) is 11.6. The molecule has 8 aromatic rings. The molecule has 0 fully saturated rings. The molecule has 15 nitrogen and oxygen atoms in total. The number of aromatic nitrogens is 3. The number of carbonyl (C=O) groups is 3. The molecule has 0 spiro atoms. The van der Waals surface area contributed by atoms with Crippen molar-refractivity contribution in [1.82, 2.24) is 40.1 Å². The van der Waals surface area contributed by atoms with Gasteiger partial charge in [0.25, 0.3) is 11.8 Å². The minimum absolute atomic E-state index is 0.00278. The zero-order valence-corrected chi connectivity index (χ0v) is 45.9. The number of urea groups is 1. The Hall–Kier alpha value is -7.96. The van der Waals surface area contributed by atoms with Crippen LogP contribution in [0.15, 0.2) is 144 Å². The summed E-state index contributed by atoms with van der Waals surface area (Å²) in [6.45, 7) is 12.4. The first kappa shape index (κ1) is 55.8. The molecule has 79 heavy (non-hydrogen) atoms. The third-order valence-electron chi connectivity index (χ3n) is 13.7. The molecular formula is C62H65FN8O7S. The summed E-state index contributed by atoms with van der Waals surface area (Å²) in [4.78, 5) is 55.1. The van der Waals surface area contributed by atoms with Crippen LogP contribution in [0.3, 0.4) is 0 Å². The molecule has 0 saturated heterocycles. The summed E-state index contributed by atoms with van der Waals surface area (Å²) in [5.41, 5.74) is 10.6. The van der Waals surface area contributed by atoms with Crippen LogP contribution in [0.2, 0.25) is 0 Å². The lowest BCUT2D eigenvalue weighted by molar-refractivity contribution is 0.0939. The summed E-state index contributed by atoms with van der Waals surface area (Å²) in [6, 6.07) is 38.0. The van der Waals surface area contributed by atoms with E-state index in [-0.39, 0.29) is 56.0 Å². The second-order valence-corrected chi connectivity index (χ2v) is 23.0. The molecule has 0 aliphatic carbocycles. The summed E-state index contributed by atoms with van der Waals surface area (Å²) < 4.78 is 35.3. The number of fused-ring (bicyclic) bond motifs is 3. The lowest BCUT2D eigenvalue weighted by Crippen LogP contribution is -2.42. The van der Waals surface area contributed by atoms with Gasteiger partial charge in [-0.2, -0.15) is 0 Å². The number of halogens is 1. The van der Waals surface area contributed by atoms with Crippen molar-refractivity contribution in [2.45, 2.75) is 96.9 Å². The monoisotopic (exact) mass is 1080 g/mol. The highest BCUT2D eigenvalue weighted by molar-refractivity contribution is 7.84. The van der Waals surface area contributed by atoms with Crippen LogP contribution in [0.4, 0.5) is 9.18 Å². The van der Waals surface area contributed by atoms with E-state index in [9.17, 15) is 33.2 Å². The number of aliphatic hydroxyl groups excluding tert-OH is 2. The SMILES string of the molecule is CC(C)NC(=O)N1Cc2cc(C(=O)NCc3ccccc3F)nc(-c3cccc(-c4cc5ccccc5o4)c3)c2[C@H]1CCO.CCNC(=O)c1cc2c(c(-c3cccc(-c4cccnc4)c3)n1)[C@@H](CCO)N(S(=O)C(C)(C)C)C2.